The van der Waals surface area contributed by atoms with Crippen molar-refractivity contribution in [1.29, 1.82) is 0 Å². The van der Waals surface area contributed by atoms with Gasteiger partial charge in [-0.1, -0.05) is 26.0 Å². The third-order valence-corrected chi connectivity index (χ3v) is 5.89. The van der Waals surface area contributed by atoms with E-state index in [1.807, 2.05) is 39.8 Å². The third kappa shape index (κ3) is 2.55. The van der Waals surface area contributed by atoms with Crippen molar-refractivity contribution in [2.24, 2.45) is 11.1 Å². The lowest BCUT2D eigenvalue weighted by Gasteiger charge is -2.50. The monoisotopic (exact) mass is 282 g/mol. The van der Waals surface area contributed by atoms with E-state index < -0.39 is 10.0 Å². The van der Waals surface area contributed by atoms with Gasteiger partial charge in [-0.2, -0.15) is 0 Å². The lowest BCUT2D eigenvalue weighted by atomic mass is 9.64. The van der Waals surface area contributed by atoms with E-state index in [1.165, 1.54) is 0 Å². The predicted octanol–water partition coefficient (Wildman–Crippen LogP) is 1.71. The van der Waals surface area contributed by atoms with Gasteiger partial charge in [-0.15, -0.1) is 0 Å². The summed E-state index contributed by atoms with van der Waals surface area (Å²) < 4.78 is 27.7. The molecule has 5 heteroatoms. The molecule has 0 amide bonds. The van der Waals surface area contributed by atoms with Crippen LogP contribution in [0.15, 0.2) is 23.1 Å². The first-order chi connectivity index (χ1) is 8.64. The second kappa shape index (κ2) is 4.58. The van der Waals surface area contributed by atoms with Gasteiger partial charge in [-0.3, -0.25) is 0 Å². The molecule has 1 fully saturated rings. The van der Waals surface area contributed by atoms with E-state index in [-0.39, 0.29) is 17.5 Å². The third-order valence-electron chi connectivity index (χ3n) is 4.27. The first-order valence-electron chi connectivity index (χ1n) is 6.50. The van der Waals surface area contributed by atoms with Gasteiger partial charge in [0.2, 0.25) is 10.0 Å². The normalized spacial score (nSPS) is 25.9. The zero-order chi connectivity index (χ0) is 14.4. The highest BCUT2D eigenvalue weighted by molar-refractivity contribution is 7.89. The maximum atomic E-state index is 12.5. The molecule has 0 aliphatic heterocycles. The zero-order valence-corrected chi connectivity index (χ0v) is 12.7. The summed E-state index contributed by atoms with van der Waals surface area (Å²) in [7, 11) is -3.47. The molecule has 2 unspecified atom stereocenters. The lowest BCUT2D eigenvalue weighted by molar-refractivity contribution is 0.0903. The van der Waals surface area contributed by atoms with Crippen molar-refractivity contribution < 1.29 is 8.42 Å². The van der Waals surface area contributed by atoms with Gasteiger partial charge in [0, 0.05) is 12.1 Å². The van der Waals surface area contributed by atoms with Crippen LogP contribution in [0.2, 0.25) is 0 Å². The average Bonchev–Trinajstić information content (AvgIpc) is 2.31. The van der Waals surface area contributed by atoms with Crippen molar-refractivity contribution in [2.45, 2.75) is 51.1 Å². The first kappa shape index (κ1) is 14.5. The molecule has 0 spiro atoms. The molecule has 1 saturated carbocycles. The van der Waals surface area contributed by atoms with Gasteiger partial charge in [-0.05, 0) is 42.9 Å². The van der Waals surface area contributed by atoms with Crippen molar-refractivity contribution in [3.8, 4) is 0 Å². The van der Waals surface area contributed by atoms with Crippen LogP contribution in [0, 0.1) is 19.3 Å². The maximum Gasteiger partial charge on any atom is 0.241 e. The Bertz CT molecular complexity index is 593. The highest BCUT2D eigenvalue weighted by atomic mass is 32.2. The van der Waals surface area contributed by atoms with E-state index in [0.717, 1.165) is 11.1 Å². The molecule has 19 heavy (non-hydrogen) atoms. The molecule has 2 rings (SSSR count). The number of hydrogen-bond donors (Lipinski definition) is 2. The minimum absolute atomic E-state index is 0.0545. The number of nitrogens with one attached hydrogen (secondary N) is 1. The molecule has 4 nitrogen and oxygen atoms in total. The smallest absolute Gasteiger partial charge is 0.241 e. The summed E-state index contributed by atoms with van der Waals surface area (Å²) >= 11 is 0. The van der Waals surface area contributed by atoms with E-state index in [4.69, 9.17) is 5.73 Å². The number of hydrogen-bond acceptors (Lipinski definition) is 3. The van der Waals surface area contributed by atoms with Gasteiger partial charge in [0.15, 0.2) is 0 Å². The van der Waals surface area contributed by atoms with Crippen LogP contribution in [0.25, 0.3) is 0 Å². The molecule has 3 N–H and O–H groups in total. The topological polar surface area (TPSA) is 72.2 Å². The summed E-state index contributed by atoms with van der Waals surface area (Å²) in [5.74, 6) is 0. The Labute approximate surface area is 115 Å². The summed E-state index contributed by atoms with van der Waals surface area (Å²) in [5.41, 5.74) is 7.44. The van der Waals surface area contributed by atoms with Crippen molar-refractivity contribution in [3.05, 3.63) is 29.3 Å². The number of aryl methyl sites for hydroxylation is 2. The van der Waals surface area contributed by atoms with Crippen molar-refractivity contribution >= 4 is 10.0 Å². The molecule has 0 bridgehead atoms. The zero-order valence-electron chi connectivity index (χ0n) is 11.9. The van der Waals surface area contributed by atoms with E-state index in [0.29, 0.717) is 11.3 Å². The van der Waals surface area contributed by atoms with Crippen LogP contribution in [-0.4, -0.2) is 20.5 Å². The molecule has 0 saturated heterocycles. The number of sulfonamides is 1. The molecule has 2 atom stereocenters. The molecule has 1 aromatic rings. The van der Waals surface area contributed by atoms with Gasteiger partial charge >= 0.3 is 0 Å². The number of rotatable bonds is 3. The van der Waals surface area contributed by atoms with Crippen molar-refractivity contribution in [2.75, 3.05) is 0 Å². The number of nitrogens with two attached hydrogens (primary N) is 1. The number of benzene rings is 1. The van der Waals surface area contributed by atoms with Gasteiger partial charge in [0.25, 0.3) is 0 Å². The molecule has 106 valence electrons. The summed E-state index contributed by atoms with van der Waals surface area (Å²) in [6.45, 7) is 7.70. The van der Waals surface area contributed by atoms with Crippen LogP contribution < -0.4 is 10.5 Å². The van der Waals surface area contributed by atoms with E-state index >= 15 is 0 Å². The fraction of sp³-hybridized carbons (Fsp3) is 0.571. The lowest BCUT2D eigenvalue weighted by Crippen LogP contribution is -2.64. The second-order valence-electron chi connectivity index (χ2n) is 6.11. The summed E-state index contributed by atoms with van der Waals surface area (Å²) in [6, 6.07) is 5.42. The van der Waals surface area contributed by atoms with Gasteiger partial charge < -0.3 is 5.73 Å². The second-order valence-corrected chi connectivity index (χ2v) is 7.79. The molecule has 0 aromatic heterocycles. The quantitative estimate of drug-likeness (QED) is 0.886. The summed E-state index contributed by atoms with van der Waals surface area (Å²) in [5, 5.41) is 0. The van der Waals surface area contributed by atoms with Crippen LogP contribution in [0.1, 0.15) is 31.4 Å². The van der Waals surface area contributed by atoms with Crippen molar-refractivity contribution in [3.63, 3.8) is 0 Å². The Hall–Kier alpha value is -0.910. The molecular formula is C14H22N2O2S. The summed E-state index contributed by atoms with van der Waals surface area (Å²) in [6.07, 6.45) is 0.692. The highest BCUT2D eigenvalue weighted by Gasteiger charge is 2.47. The van der Waals surface area contributed by atoms with Gasteiger partial charge in [0.05, 0.1) is 4.90 Å². The van der Waals surface area contributed by atoms with E-state index in [9.17, 15) is 8.42 Å². The predicted molar refractivity (Wildman–Crippen MR) is 76.4 cm³/mol. The Balaban J connectivity index is 2.27. The molecule has 1 aliphatic rings. The van der Waals surface area contributed by atoms with Crippen LogP contribution >= 0.6 is 0 Å². The van der Waals surface area contributed by atoms with Crippen LogP contribution in [0.5, 0.6) is 0 Å². The van der Waals surface area contributed by atoms with Gasteiger partial charge in [-0.25, -0.2) is 13.1 Å². The highest BCUT2D eigenvalue weighted by Crippen LogP contribution is 2.39. The Morgan fingerprint density at radius 3 is 2.47 bits per heavy atom. The molecule has 0 heterocycles. The Morgan fingerprint density at radius 1 is 1.32 bits per heavy atom. The molecule has 1 aromatic carbocycles. The fourth-order valence-electron chi connectivity index (χ4n) is 2.41. The van der Waals surface area contributed by atoms with Gasteiger partial charge in [0.1, 0.15) is 0 Å². The Kier molecular flexibility index (Phi) is 3.49. The van der Waals surface area contributed by atoms with Crippen LogP contribution in [0.3, 0.4) is 0 Å². The Morgan fingerprint density at radius 2 is 1.95 bits per heavy atom. The largest absolute Gasteiger partial charge is 0.327 e. The van der Waals surface area contributed by atoms with Crippen molar-refractivity contribution in [1.82, 2.24) is 4.72 Å². The minimum Gasteiger partial charge on any atom is -0.327 e. The molecular weight excluding hydrogens is 260 g/mol. The maximum absolute atomic E-state index is 12.5. The first-order valence-corrected chi connectivity index (χ1v) is 7.98. The fourth-order valence-corrected chi connectivity index (χ4v) is 4.14. The van der Waals surface area contributed by atoms with Crippen LogP contribution in [-0.2, 0) is 10.0 Å². The molecule has 0 radical (unpaired) electrons. The SMILES string of the molecule is Cc1ccc(C)c(S(=O)(=O)NC2CC(N)C2(C)C)c1. The minimum atomic E-state index is -3.47. The van der Waals surface area contributed by atoms with Crippen LogP contribution in [0.4, 0.5) is 0 Å². The van der Waals surface area contributed by atoms with E-state index in [2.05, 4.69) is 4.72 Å². The molecule has 1 aliphatic carbocycles. The standard InChI is InChI=1S/C14H22N2O2S/c1-9-5-6-10(2)11(7-9)19(17,18)16-13-8-12(15)14(13,3)4/h5-7,12-13,16H,8,15H2,1-4H3. The average molecular weight is 282 g/mol. The van der Waals surface area contributed by atoms with E-state index in [1.54, 1.807) is 6.07 Å². The summed E-state index contributed by atoms with van der Waals surface area (Å²) in [4.78, 5) is 0.365.